The minimum absolute atomic E-state index is 0.0199. The van der Waals surface area contributed by atoms with Crippen molar-refractivity contribution in [1.82, 2.24) is 0 Å². The maximum atomic E-state index is 11.4. The highest BCUT2D eigenvalue weighted by Gasteiger charge is 2.04. The third-order valence-corrected chi connectivity index (χ3v) is 2.32. The monoisotopic (exact) mass is 225 g/mol. The van der Waals surface area contributed by atoms with E-state index >= 15 is 0 Å². The standard InChI is InChI=1S/C12H16ClNO/c1-2-5-10-6-3-4-7-11(10)14-12(15)8-9-13/h3-4,6-7H,2,5,8-9H2,1H3,(H,14,15). The second-order valence-corrected chi connectivity index (χ2v) is 3.77. The molecular formula is C12H16ClNO. The lowest BCUT2D eigenvalue weighted by Gasteiger charge is -2.09. The first-order valence-corrected chi connectivity index (χ1v) is 5.75. The Kier molecular flexibility index (Phi) is 5.19. The molecule has 1 aromatic carbocycles. The van der Waals surface area contributed by atoms with Gasteiger partial charge in [-0.1, -0.05) is 31.5 Å². The van der Waals surface area contributed by atoms with Gasteiger partial charge in [-0.2, -0.15) is 0 Å². The third-order valence-electron chi connectivity index (χ3n) is 2.13. The summed E-state index contributed by atoms with van der Waals surface area (Å²) in [6, 6.07) is 7.88. The predicted molar refractivity (Wildman–Crippen MR) is 64.4 cm³/mol. The largest absolute Gasteiger partial charge is 0.326 e. The minimum atomic E-state index is -0.0199. The number of carbonyl (C=O) groups excluding carboxylic acids is 1. The lowest BCUT2D eigenvalue weighted by atomic mass is 10.1. The lowest BCUT2D eigenvalue weighted by Crippen LogP contribution is -2.13. The normalized spacial score (nSPS) is 10.0. The van der Waals surface area contributed by atoms with Crippen molar-refractivity contribution in [3.05, 3.63) is 29.8 Å². The first-order chi connectivity index (χ1) is 7.27. The van der Waals surface area contributed by atoms with Crippen LogP contribution in [-0.4, -0.2) is 11.8 Å². The van der Waals surface area contributed by atoms with Crippen molar-refractivity contribution in [2.45, 2.75) is 26.2 Å². The summed E-state index contributed by atoms with van der Waals surface area (Å²) in [7, 11) is 0. The highest BCUT2D eigenvalue weighted by molar-refractivity contribution is 6.19. The van der Waals surface area contributed by atoms with Crippen molar-refractivity contribution in [3.63, 3.8) is 0 Å². The number of benzene rings is 1. The van der Waals surface area contributed by atoms with Gasteiger partial charge in [0, 0.05) is 18.0 Å². The van der Waals surface area contributed by atoms with Crippen LogP contribution in [0.15, 0.2) is 24.3 Å². The first kappa shape index (κ1) is 12.1. The first-order valence-electron chi connectivity index (χ1n) is 5.21. The fraction of sp³-hybridized carbons (Fsp3) is 0.417. The molecule has 0 unspecified atom stereocenters. The van der Waals surface area contributed by atoms with Crippen LogP contribution < -0.4 is 5.32 Å². The SMILES string of the molecule is CCCc1ccccc1NC(=O)CCCl. The molecule has 1 rings (SSSR count). The van der Waals surface area contributed by atoms with E-state index in [-0.39, 0.29) is 5.91 Å². The van der Waals surface area contributed by atoms with Crippen molar-refractivity contribution in [2.75, 3.05) is 11.2 Å². The zero-order valence-corrected chi connectivity index (χ0v) is 9.68. The molecular weight excluding hydrogens is 210 g/mol. The number of rotatable bonds is 5. The number of hydrogen-bond acceptors (Lipinski definition) is 1. The number of para-hydroxylation sites is 1. The van der Waals surface area contributed by atoms with Crippen molar-refractivity contribution in [2.24, 2.45) is 0 Å². The average molecular weight is 226 g/mol. The highest BCUT2D eigenvalue weighted by atomic mass is 35.5. The van der Waals surface area contributed by atoms with Crippen LogP contribution in [0.1, 0.15) is 25.3 Å². The van der Waals surface area contributed by atoms with Crippen LogP contribution in [0.4, 0.5) is 5.69 Å². The molecule has 0 saturated carbocycles. The van der Waals surface area contributed by atoms with Crippen LogP contribution in [0.3, 0.4) is 0 Å². The summed E-state index contributed by atoms with van der Waals surface area (Å²) in [5.41, 5.74) is 2.09. The minimum Gasteiger partial charge on any atom is -0.326 e. The maximum absolute atomic E-state index is 11.4. The molecule has 0 heterocycles. The van der Waals surface area contributed by atoms with Crippen LogP contribution in [-0.2, 0) is 11.2 Å². The highest BCUT2D eigenvalue weighted by Crippen LogP contribution is 2.16. The summed E-state index contributed by atoms with van der Waals surface area (Å²) in [6.45, 7) is 2.12. The molecule has 0 bridgehead atoms. The van der Waals surface area contributed by atoms with Crippen LogP contribution in [0, 0.1) is 0 Å². The summed E-state index contributed by atoms with van der Waals surface area (Å²) < 4.78 is 0. The molecule has 0 spiro atoms. The number of hydrogen-bond donors (Lipinski definition) is 1. The molecule has 0 atom stereocenters. The van der Waals surface area contributed by atoms with Gasteiger partial charge in [-0.05, 0) is 18.1 Å². The van der Waals surface area contributed by atoms with E-state index in [1.165, 1.54) is 5.56 Å². The van der Waals surface area contributed by atoms with Crippen LogP contribution in [0.2, 0.25) is 0 Å². The second kappa shape index (κ2) is 6.46. The number of alkyl halides is 1. The number of halogens is 1. The van der Waals surface area contributed by atoms with E-state index in [2.05, 4.69) is 12.2 Å². The van der Waals surface area contributed by atoms with Gasteiger partial charge in [0.1, 0.15) is 0 Å². The fourth-order valence-corrected chi connectivity index (χ4v) is 1.60. The molecule has 82 valence electrons. The van der Waals surface area contributed by atoms with E-state index in [0.29, 0.717) is 12.3 Å². The van der Waals surface area contributed by atoms with Crippen molar-refractivity contribution in [1.29, 1.82) is 0 Å². The maximum Gasteiger partial charge on any atom is 0.225 e. The molecule has 1 aromatic rings. The molecule has 0 aliphatic heterocycles. The summed E-state index contributed by atoms with van der Waals surface area (Å²) in [6.07, 6.45) is 2.42. The molecule has 0 aliphatic rings. The molecule has 0 aromatic heterocycles. The Bertz CT molecular complexity index is 325. The van der Waals surface area contributed by atoms with Crippen molar-refractivity contribution in [3.8, 4) is 0 Å². The molecule has 1 N–H and O–H groups in total. The Hall–Kier alpha value is -1.02. The number of carbonyl (C=O) groups is 1. The molecule has 0 aliphatic carbocycles. The Morgan fingerprint density at radius 3 is 2.80 bits per heavy atom. The Morgan fingerprint density at radius 2 is 2.13 bits per heavy atom. The zero-order chi connectivity index (χ0) is 11.1. The van der Waals surface area contributed by atoms with Gasteiger partial charge in [-0.3, -0.25) is 4.79 Å². The van der Waals surface area contributed by atoms with Gasteiger partial charge >= 0.3 is 0 Å². The summed E-state index contributed by atoms with van der Waals surface area (Å²) in [5, 5.41) is 2.87. The van der Waals surface area contributed by atoms with E-state index in [4.69, 9.17) is 11.6 Å². The third kappa shape index (κ3) is 3.92. The lowest BCUT2D eigenvalue weighted by molar-refractivity contribution is -0.115. The number of aryl methyl sites for hydroxylation is 1. The molecule has 0 fully saturated rings. The van der Waals surface area contributed by atoms with Crippen molar-refractivity contribution >= 4 is 23.2 Å². The second-order valence-electron chi connectivity index (χ2n) is 3.39. The van der Waals surface area contributed by atoms with Gasteiger partial charge in [0.15, 0.2) is 0 Å². The summed E-state index contributed by atoms with van der Waals surface area (Å²) in [5.74, 6) is 0.343. The van der Waals surface area contributed by atoms with Crippen LogP contribution in [0.25, 0.3) is 0 Å². The van der Waals surface area contributed by atoms with E-state index in [1.54, 1.807) is 0 Å². The van der Waals surface area contributed by atoms with Crippen LogP contribution >= 0.6 is 11.6 Å². The van der Waals surface area contributed by atoms with Gasteiger partial charge < -0.3 is 5.32 Å². The summed E-state index contributed by atoms with van der Waals surface area (Å²) in [4.78, 5) is 11.4. The molecule has 0 radical (unpaired) electrons. The molecule has 2 nitrogen and oxygen atoms in total. The Morgan fingerprint density at radius 1 is 1.40 bits per heavy atom. The van der Waals surface area contributed by atoms with Crippen molar-refractivity contribution < 1.29 is 4.79 Å². The van der Waals surface area contributed by atoms with E-state index in [9.17, 15) is 4.79 Å². The fourth-order valence-electron chi connectivity index (χ4n) is 1.43. The van der Waals surface area contributed by atoms with Gasteiger partial charge in [0.05, 0.1) is 0 Å². The number of amides is 1. The topological polar surface area (TPSA) is 29.1 Å². The average Bonchev–Trinajstić information content (AvgIpc) is 2.21. The van der Waals surface area contributed by atoms with E-state index < -0.39 is 0 Å². The molecule has 1 amide bonds. The Balaban J connectivity index is 2.70. The smallest absolute Gasteiger partial charge is 0.225 e. The van der Waals surface area contributed by atoms with Gasteiger partial charge in [0.25, 0.3) is 0 Å². The molecule has 15 heavy (non-hydrogen) atoms. The molecule has 0 saturated heterocycles. The number of nitrogens with one attached hydrogen (secondary N) is 1. The zero-order valence-electron chi connectivity index (χ0n) is 8.92. The van der Waals surface area contributed by atoms with Gasteiger partial charge in [-0.15, -0.1) is 11.6 Å². The van der Waals surface area contributed by atoms with E-state index in [1.807, 2.05) is 24.3 Å². The quantitative estimate of drug-likeness (QED) is 0.767. The predicted octanol–water partition coefficient (Wildman–Crippen LogP) is 3.21. The van der Waals surface area contributed by atoms with E-state index in [0.717, 1.165) is 18.5 Å². The van der Waals surface area contributed by atoms with Gasteiger partial charge in [0.2, 0.25) is 5.91 Å². The number of anilines is 1. The van der Waals surface area contributed by atoms with Gasteiger partial charge in [-0.25, -0.2) is 0 Å². The molecule has 3 heteroatoms. The Labute approximate surface area is 95.6 Å². The van der Waals surface area contributed by atoms with Crippen LogP contribution in [0.5, 0.6) is 0 Å². The summed E-state index contributed by atoms with van der Waals surface area (Å²) >= 11 is 5.50.